The van der Waals surface area contributed by atoms with Crippen LogP contribution in [0.25, 0.3) is 5.69 Å². The summed E-state index contributed by atoms with van der Waals surface area (Å²) in [4.78, 5) is 13.8. The van der Waals surface area contributed by atoms with Gasteiger partial charge in [0.2, 0.25) is 0 Å². The van der Waals surface area contributed by atoms with E-state index in [0.717, 1.165) is 4.88 Å². The second-order valence-corrected chi connectivity index (χ2v) is 6.49. The van der Waals surface area contributed by atoms with Crippen LogP contribution < -0.4 is 5.32 Å². The van der Waals surface area contributed by atoms with Crippen LogP contribution in [0, 0.1) is 0 Å². The van der Waals surface area contributed by atoms with Crippen LogP contribution in [0.4, 0.5) is 0 Å². The van der Waals surface area contributed by atoms with Crippen LogP contribution in [0.15, 0.2) is 29.9 Å². The number of thiophene rings is 2. The van der Waals surface area contributed by atoms with E-state index in [1.807, 2.05) is 17.5 Å². The highest BCUT2D eigenvalue weighted by atomic mass is 35.5. The highest BCUT2D eigenvalue weighted by Gasteiger charge is 2.15. The minimum absolute atomic E-state index is 0.157. The van der Waals surface area contributed by atoms with E-state index in [1.54, 1.807) is 6.07 Å². The molecule has 0 bridgehead atoms. The molecular formula is C11H8ClN5OS2. The number of carbonyl (C=O) groups is 1. The van der Waals surface area contributed by atoms with Gasteiger partial charge in [-0.05, 0) is 34.0 Å². The molecule has 3 aromatic rings. The van der Waals surface area contributed by atoms with E-state index in [9.17, 15) is 4.79 Å². The summed E-state index contributed by atoms with van der Waals surface area (Å²) in [7, 11) is 0. The van der Waals surface area contributed by atoms with Gasteiger partial charge in [-0.1, -0.05) is 11.6 Å². The van der Waals surface area contributed by atoms with Gasteiger partial charge in [-0.15, -0.1) is 27.8 Å². The summed E-state index contributed by atoms with van der Waals surface area (Å²) in [5.74, 6) is -0.157. The zero-order valence-electron chi connectivity index (χ0n) is 9.99. The molecule has 0 saturated carbocycles. The average Bonchev–Trinajstić information content (AvgIpc) is 3.16. The number of aromatic nitrogens is 4. The standard InChI is InChI=1S/C11H8ClN5OS2/c12-9-2-1-7(20-9)5-13-11(18)10-8(3-4-19-10)17-6-14-15-16-17/h1-4,6H,5H2,(H,13,18). The summed E-state index contributed by atoms with van der Waals surface area (Å²) in [5, 5.41) is 15.6. The first-order chi connectivity index (χ1) is 9.74. The largest absolute Gasteiger partial charge is 0.346 e. The van der Waals surface area contributed by atoms with Crippen molar-refractivity contribution in [2.75, 3.05) is 0 Å². The van der Waals surface area contributed by atoms with Gasteiger partial charge < -0.3 is 5.32 Å². The number of halogens is 1. The predicted octanol–water partition coefficient (Wildman–Crippen LogP) is 2.37. The Balaban J connectivity index is 1.73. The summed E-state index contributed by atoms with van der Waals surface area (Å²) in [6.07, 6.45) is 1.46. The van der Waals surface area contributed by atoms with Crippen molar-refractivity contribution in [1.29, 1.82) is 0 Å². The monoisotopic (exact) mass is 325 g/mol. The molecule has 0 aliphatic rings. The van der Waals surface area contributed by atoms with Crippen molar-refractivity contribution in [2.24, 2.45) is 0 Å². The minimum atomic E-state index is -0.157. The topological polar surface area (TPSA) is 72.7 Å². The lowest BCUT2D eigenvalue weighted by Crippen LogP contribution is -2.22. The molecule has 0 unspecified atom stereocenters. The van der Waals surface area contributed by atoms with Crippen LogP contribution in [0.3, 0.4) is 0 Å². The number of nitrogens with zero attached hydrogens (tertiary/aromatic N) is 4. The van der Waals surface area contributed by atoms with E-state index in [1.165, 1.54) is 33.7 Å². The maximum absolute atomic E-state index is 12.2. The number of nitrogens with one attached hydrogen (secondary N) is 1. The molecule has 3 aromatic heterocycles. The second-order valence-electron chi connectivity index (χ2n) is 3.78. The highest BCUT2D eigenvalue weighted by Crippen LogP contribution is 2.22. The van der Waals surface area contributed by atoms with Gasteiger partial charge in [0.05, 0.1) is 16.6 Å². The Bertz CT molecular complexity index is 721. The third-order valence-corrected chi connectivity index (χ3v) is 4.63. The molecule has 3 heterocycles. The summed E-state index contributed by atoms with van der Waals surface area (Å²) in [5.41, 5.74) is 0.668. The van der Waals surface area contributed by atoms with Crippen molar-refractivity contribution in [3.8, 4) is 5.69 Å². The normalized spacial score (nSPS) is 10.7. The number of hydrogen-bond donors (Lipinski definition) is 1. The van der Waals surface area contributed by atoms with E-state index in [0.29, 0.717) is 21.4 Å². The molecule has 0 fully saturated rings. The van der Waals surface area contributed by atoms with Crippen molar-refractivity contribution >= 4 is 40.2 Å². The second kappa shape index (κ2) is 5.70. The Kier molecular flexibility index (Phi) is 3.77. The first kappa shape index (κ1) is 13.2. The van der Waals surface area contributed by atoms with Crippen molar-refractivity contribution in [3.05, 3.63) is 44.0 Å². The molecule has 0 radical (unpaired) electrons. The molecule has 1 N–H and O–H groups in total. The van der Waals surface area contributed by atoms with Crippen LogP contribution in [0.2, 0.25) is 4.34 Å². The van der Waals surface area contributed by atoms with Crippen LogP contribution in [0.1, 0.15) is 14.5 Å². The van der Waals surface area contributed by atoms with E-state index in [4.69, 9.17) is 11.6 Å². The fourth-order valence-corrected chi connectivity index (χ4v) is 3.44. The third kappa shape index (κ3) is 2.72. The Morgan fingerprint density at radius 3 is 3.00 bits per heavy atom. The number of rotatable bonds is 4. The Hall–Kier alpha value is -1.77. The predicted molar refractivity (Wildman–Crippen MR) is 77.5 cm³/mol. The van der Waals surface area contributed by atoms with E-state index in [2.05, 4.69) is 20.8 Å². The van der Waals surface area contributed by atoms with Crippen molar-refractivity contribution < 1.29 is 4.79 Å². The van der Waals surface area contributed by atoms with Crippen LogP contribution in [-0.4, -0.2) is 26.1 Å². The van der Waals surface area contributed by atoms with Gasteiger partial charge in [-0.2, -0.15) is 4.68 Å². The lowest BCUT2D eigenvalue weighted by molar-refractivity contribution is 0.0955. The summed E-state index contributed by atoms with van der Waals surface area (Å²) in [6, 6.07) is 5.51. The third-order valence-electron chi connectivity index (χ3n) is 2.50. The fourth-order valence-electron chi connectivity index (χ4n) is 1.62. The summed E-state index contributed by atoms with van der Waals surface area (Å²) < 4.78 is 2.17. The van der Waals surface area contributed by atoms with Crippen LogP contribution in [0.5, 0.6) is 0 Å². The lowest BCUT2D eigenvalue weighted by atomic mass is 10.3. The number of tetrazole rings is 1. The van der Waals surface area contributed by atoms with Crippen molar-refractivity contribution in [2.45, 2.75) is 6.54 Å². The van der Waals surface area contributed by atoms with E-state index < -0.39 is 0 Å². The quantitative estimate of drug-likeness (QED) is 0.799. The molecular weight excluding hydrogens is 318 g/mol. The molecule has 9 heteroatoms. The molecule has 1 amide bonds. The van der Waals surface area contributed by atoms with Gasteiger partial charge in [-0.25, -0.2) is 0 Å². The molecule has 0 aromatic carbocycles. The molecule has 0 atom stereocenters. The summed E-state index contributed by atoms with van der Waals surface area (Å²) >= 11 is 8.64. The molecule has 0 spiro atoms. The molecule has 20 heavy (non-hydrogen) atoms. The maximum atomic E-state index is 12.2. The Morgan fingerprint density at radius 2 is 2.30 bits per heavy atom. The van der Waals surface area contributed by atoms with E-state index >= 15 is 0 Å². The Morgan fingerprint density at radius 1 is 1.40 bits per heavy atom. The van der Waals surface area contributed by atoms with Crippen molar-refractivity contribution in [1.82, 2.24) is 25.5 Å². The van der Waals surface area contributed by atoms with Gasteiger partial charge in [0.15, 0.2) is 0 Å². The molecule has 3 rings (SSSR count). The zero-order chi connectivity index (χ0) is 13.9. The zero-order valence-corrected chi connectivity index (χ0v) is 12.4. The molecule has 0 aliphatic heterocycles. The van der Waals surface area contributed by atoms with Crippen LogP contribution >= 0.6 is 34.3 Å². The average molecular weight is 326 g/mol. The SMILES string of the molecule is O=C(NCc1ccc(Cl)s1)c1sccc1-n1cnnn1. The molecule has 6 nitrogen and oxygen atoms in total. The van der Waals surface area contributed by atoms with Gasteiger partial charge >= 0.3 is 0 Å². The first-order valence-electron chi connectivity index (χ1n) is 5.57. The minimum Gasteiger partial charge on any atom is -0.346 e. The molecule has 0 aliphatic carbocycles. The van der Waals surface area contributed by atoms with Gasteiger partial charge in [0, 0.05) is 4.88 Å². The number of carbonyl (C=O) groups excluding carboxylic acids is 1. The van der Waals surface area contributed by atoms with Gasteiger partial charge in [0.1, 0.15) is 11.2 Å². The van der Waals surface area contributed by atoms with Gasteiger partial charge in [0.25, 0.3) is 5.91 Å². The lowest BCUT2D eigenvalue weighted by Gasteiger charge is -2.04. The number of amides is 1. The van der Waals surface area contributed by atoms with E-state index in [-0.39, 0.29) is 5.91 Å². The fraction of sp³-hybridized carbons (Fsp3) is 0.0909. The van der Waals surface area contributed by atoms with Gasteiger partial charge in [-0.3, -0.25) is 4.79 Å². The summed E-state index contributed by atoms with van der Waals surface area (Å²) in [6.45, 7) is 0.448. The number of hydrogen-bond acceptors (Lipinski definition) is 6. The first-order valence-corrected chi connectivity index (χ1v) is 7.65. The highest BCUT2D eigenvalue weighted by molar-refractivity contribution is 7.16. The van der Waals surface area contributed by atoms with Crippen LogP contribution in [-0.2, 0) is 6.54 Å². The molecule has 102 valence electrons. The molecule has 0 saturated heterocycles. The van der Waals surface area contributed by atoms with Crippen molar-refractivity contribution in [3.63, 3.8) is 0 Å². The smallest absolute Gasteiger partial charge is 0.263 e. The maximum Gasteiger partial charge on any atom is 0.263 e. The Labute approximate surface area is 127 Å².